The van der Waals surface area contributed by atoms with E-state index < -0.39 is 0 Å². The molecule has 0 spiro atoms. The first-order valence-corrected chi connectivity index (χ1v) is 8.68. The molecule has 0 aromatic heterocycles. The largest absolute Gasteiger partial charge is 0.314 e. The van der Waals surface area contributed by atoms with Gasteiger partial charge >= 0.3 is 0 Å². The summed E-state index contributed by atoms with van der Waals surface area (Å²) < 4.78 is 0. The molecule has 0 saturated heterocycles. The van der Waals surface area contributed by atoms with Gasteiger partial charge in [0.2, 0.25) is 0 Å². The van der Waals surface area contributed by atoms with Crippen molar-refractivity contribution in [2.24, 2.45) is 28.6 Å². The molecule has 0 amide bonds. The lowest BCUT2D eigenvalue weighted by Gasteiger charge is -2.64. The summed E-state index contributed by atoms with van der Waals surface area (Å²) in [6.45, 7) is 10.8. The molecule has 0 aromatic carbocycles. The van der Waals surface area contributed by atoms with Crippen LogP contribution < -0.4 is 5.32 Å². The monoisotopic (exact) mass is 263 g/mol. The number of hydrogen-bond donors (Lipinski definition) is 1. The summed E-state index contributed by atoms with van der Waals surface area (Å²) in [7, 11) is 0. The van der Waals surface area contributed by atoms with Crippen molar-refractivity contribution in [2.75, 3.05) is 6.54 Å². The first-order chi connectivity index (χ1) is 8.95. The number of nitrogens with one attached hydrogen (secondary N) is 1. The highest BCUT2D eigenvalue weighted by Gasteiger charge is 2.57. The Morgan fingerprint density at radius 3 is 2.21 bits per heavy atom. The summed E-state index contributed by atoms with van der Waals surface area (Å²) in [5, 5.41) is 3.89. The maximum absolute atomic E-state index is 3.89. The summed E-state index contributed by atoms with van der Waals surface area (Å²) in [6.07, 6.45) is 10.6. The van der Waals surface area contributed by atoms with Crippen LogP contribution >= 0.6 is 0 Å². The van der Waals surface area contributed by atoms with Gasteiger partial charge in [-0.1, -0.05) is 27.7 Å². The van der Waals surface area contributed by atoms with Crippen LogP contribution in [-0.2, 0) is 0 Å². The third-order valence-electron chi connectivity index (χ3n) is 6.30. The fourth-order valence-electron chi connectivity index (χ4n) is 6.47. The summed E-state index contributed by atoms with van der Waals surface area (Å²) in [4.78, 5) is 0. The zero-order valence-electron chi connectivity index (χ0n) is 13.5. The zero-order valence-corrected chi connectivity index (χ0v) is 13.5. The van der Waals surface area contributed by atoms with Crippen molar-refractivity contribution in [1.82, 2.24) is 5.32 Å². The highest BCUT2D eigenvalue weighted by Crippen LogP contribution is 2.66. The lowest BCUT2D eigenvalue weighted by molar-refractivity contribution is -0.120. The molecule has 4 aliphatic rings. The van der Waals surface area contributed by atoms with Gasteiger partial charge in [0, 0.05) is 6.04 Å². The molecule has 1 nitrogen and oxygen atoms in total. The molecule has 4 saturated carbocycles. The van der Waals surface area contributed by atoms with Gasteiger partial charge < -0.3 is 5.32 Å². The molecule has 4 rings (SSSR count). The smallest absolute Gasteiger partial charge is 0.0126 e. The van der Waals surface area contributed by atoms with Crippen molar-refractivity contribution in [3.8, 4) is 0 Å². The Hall–Kier alpha value is -0.0400. The Bertz CT molecular complexity index is 319. The van der Waals surface area contributed by atoms with Crippen molar-refractivity contribution in [1.29, 1.82) is 0 Å². The molecule has 1 heteroatoms. The zero-order chi connectivity index (χ0) is 13.7. The SMILES string of the molecule is CCNC(CC(C)C)C12CC3CC(CC(C)(C3)C1)C2. The molecule has 0 radical (unpaired) electrons. The second-order valence-electron chi connectivity index (χ2n) is 8.87. The van der Waals surface area contributed by atoms with Crippen LogP contribution in [0.2, 0.25) is 0 Å². The Balaban J connectivity index is 1.84. The summed E-state index contributed by atoms with van der Waals surface area (Å²) in [5.41, 5.74) is 1.34. The van der Waals surface area contributed by atoms with E-state index in [1.165, 1.54) is 38.5 Å². The molecule has 0 heterocycles. The lowest BCUT2D eigenvalue weighted by atomic mass is 9.43. The van der Waals surface area contributed by atoms with Gasteiger partial charge in [0.05, 0.1) is 0 Å². The van der Waals surface area contributed by atoms with E-state index in [4.69, 9.17) is 0 Å². The number of hydrogen-bond acceptors (Lipinski definition) is 1. The molecule has 4 fully saturated rings. The van der Waals surface area contributed by atoms with E-state index in [1.54, 1.807) is 6.42 Å². The van der Waals surface area contributed by atoms with Crippen molar-refractivity contribution < 1.29 is 0 Å². The van der Waals surface area contributed by atoms with Crippen LogP contribution in [0.3, 0.4) is 0 Å². The first-order valence-electron chi connectivity index (χ1n) is 8.68. The Morgan fingerprint density at radius 2 is 1.74 bits per heavy atom. The van der Waals surface area contributed by atoms with E-state index in [2.05, 4.69) is 33.0 Å². The maximum atomic E-state index is 3.89. The van der Waals surface area contributed by atoms with E-state index in [-0.39, 0.29) is 0 Å². The minimum absolute atomic E-state index is 0.652. The van der Waals surface area contributed by atoms with Gasteiger partial charge in [-0.05, 0) is 80.1 Å². The lowest BCUT2D eigenvalue weighted by Crippen LogP contribution is -2.58. The summed E-state index contributed by atoms with van der Waals surface area (Å²) in [6, 6.07) is 0.780. The minimum atomic E-state index is 0.652. The molecular weight excluding hydrogens is 230 g/mol. The van der Waals surface area contributed by atoms with Gasteiger partial charge in [0.25, 0.3) is 0 Å². The number of rotatable bonds is 5. The Labute approximate surface area is 119 Å². The molecule has 1 N–H and O–H groups in total. The van der Waals surface area contributed by atoms with Crippen LogP contribution in [-0.4, -0.2) is 12.6 Å². The predicted molar refractivity (Wildman–Crippen MR) is 82.1 cm³/mol. The van der Waals surface area contributed by atoms with Crippen LogP contribution in [0.15, 0.2) is 0 Å². The van der Waals surface area contributed by atoms with Crippen LogP contribution in [0.5, 0.6) is 0 Å². The average molecular weight is 263 g/mol. The standard InChI is InChI=1S/C18H33N/c1-5-19-16(6-13(2)3)18-10-14-7-15(11-18)9-17(4,8-14)12-18/h13-16,19H,5-12H2,1-4H3. The second-order valence-corrected chi connectivity index (χ2v) is 8.87. The molecule has 4 aliphatic carbocycles. The normalized spacial score (nSPS) is 45.9. The molecule has 3 atom stereocenters. The summed E-state index contributed by atoms with van der Waals surface area (Å²) >= 11 is 0. The quantitative estimate of drug-likeness (QED) is 0.763. The van der Waals surface area contributed by atoms with Crippen molar-refractivity contribution in [3.05, 3.63) is 0 Å². The minimum Gasteiger partial charge on any atom is -0.314 e. The van der Waals surface area contributed by atoms with Gasteiger partial charge in [0.15, 0.2) is 0 Å². The maximum Gasteiger partial charge on any atom is 0.0126 e. The van der Waals surface area contributed by atoms with Crippen molar-refractivity contribution in [3.63, 3.8) is 0 Å². The van der Waals surface area contributed by atoms with Crippen LogP contribution in [0.25, 0.3) is 0 Å². The highest BCUT2D eigenvalue weighted by molar-refractivity contribution is 5.09. The van der Waals surface area contributed by atoms with E-state index in [1.807, 2.05) is 0 Å². The topological polar surface area (TPSA) is 12.0 Å². The highest BCUT2D eigenvalue weighted by atomic mass is 14.9. The van der Waals surface area contributed by atoms with E-state index in [0.717, 1.165) is 30.3 Å². The third-order valence-corrected chi connectivity index (χ3v) is 6.30. The first kappa shape index (κ1) is 13.9. The summed E-state index contributed by atoms with van der Waals surface area (Å²) in [5.74, 6) is 2.93. The van der Waals surface area contributed by atoms with Crippen molar-refractivity contribution in [2.45, 2.75) is 78.7 Å². The molecule has 0 aliphatic heterocycles. The van der Waals surface area contributed by atoms with Crippen LogP contribution in [0.4, 0.5) is 0 Å². The van der Waals surface area contributed by atoms with Crippen molar-refractivity contribution >= 4 is 0 Å². The molecule has 110 valence electrons. The third kappa shape index (κ3) is 2.48. The Morgan fingerprint density at radius 1 is 1.11 bits per heavy atom. The van der Waals surface area contributed by atoms with E-state index in [0.29, 0.717) is 10.8 Å². The average Bonchev–Trinajstić information content (AvgIpc) is 2.24. The second kappa shape index (κ2) is 4.76. The fraction of sp³-hybridized carbons (Fsp3) is 1.00. The fourth-order valence-corrected chi connectivity index (χ4v) is 6.47. The molecular formula is C18H33N. The molecule has 3 unspecified atom stereocenters. The van der Waals surface area contributed by atoms with Gasteiger partial charge in [-0.3, -0.25) is 0 Å². The van der Waals surface area contributed by atoms with Crippen LogP contribution in [0, 0.1) is 28.6 Å². The Kier molecular flexibility index (Phi) is 3.48. The predicted octanol–water partition coefficient (Wildman–Crippen LogP) is 4.62. The van der Waals surface area contributed by atoms with Crippen LogP contribution in [0.1, 0.15) is 72.6 Å². The van der Waals surface area contributed by atoms with Gasteiger partial charge in [-0.15, -0.1) is 0 Å². The molecule has 0 aromatic rings. The van der Waals surface area contributed by atoms with Gasteiger partial charge in [0.1, 0.15) is 0 Å². The van der Waals surface area contributed by atoms with Gasteiger partial charge in [-0.25, -0.2) is 0 Å². The van der Waals surface area contributed by atoms with E-state index in [9.17, 15) is 0 Å². The van der Waals surface area contributed by atoms with Gasteiger partial charge in [-0.2, -0.15) is 0 Å². The molecule has 19 heavy (non-hydrogen) atoms. The molecule has 4 bridgehead atoms. The van der Waals surface area contributed by atoms with E-state index >= 15 is 0 Å².